The fourth-order valence-electron chi connectivity index (χ4n) is 2.60. The summed E-state index contributed by atoms with van der Waals surface area (Å²) in [6, 6.07) is 6.53. The van der Waals surface area contributed by atoms with E-state index >= 15 is 0 Å². The topological polar surface area (TPSA) is 99.3 Å². The fourth-order valence-corrected chi connectivity index (χ4v) is 2.60. The van der Waals surface area contributed by atoms with Crippen molar-refractivity contribution in [1.29, 1.82) is 5.26 Å². The average molecular weight is 302 g/mol. The molecule has 1 saturated heterocycles. The lowest BCUT2D eigenvalue weighted by atomic mass is 10.0. The van der Waals surface area contributed by atoms with Crippen LogP contribution in [-0.4, -0.2) is 30.0 Å². The minimum Gasteiger partial charge on any atom is -0.370 e. The lowest BCUT2D eigenvalue weighted by molar-refractivity contribution is -0.384. The normalized spacial score (nSPS) is 15.2. The number of hydrogen-bond donors (Lipinski definition) is 1. The third kappa shape index (κ3) is 3.52. The Hall–Kier alpha value is -2.62. The first kappa shape index (κ1) is 15.8. The van der Waals surface area contributed by atoms with E-state index in [4.69, 9.17) is 0 Å². The predicted octanol–water partition coefficient (Wildman–Crippen LogP) is 1.96. The van der Waals surface area contributed by atoms with Crippen LogP contribution in [0.3, 0.4) is 0 Å². The largest absolute Gasteiger partial charge is 0.370 e. The SMILES string of the molecule is CCC(=O)NC1CCN(c2ccc([N+](=O)[O-])cc2C#N)CC1. The van der Waals surface area contributed by atoms with Crippen molar-refractivity contribution in [1.82, 2.24) is 5.32 Å². The first-order chi connectivity index (χ1) is 10.5. The number of piperidine rings is 1. The van der Waals surface area contributed by atoms with Gasteiger partial charge in [-0.25, -0.2) is 0 Å². The van der Waals surface area contributed by atoms with E-state index < -0.39 is 4.92 Å². The molecule has 0 bridgehead atoms. The molecular formula is C15H18N4O3. The molecule has 2 rings (SSSR count). The summed E-state index contributed by atoms with van der Waals surface area (Å²) >= 11 is 0. The van der Waals surface area contributed by atoms with Crippen molar-refractivity contribution in [3.05, 3.63) is 33.9 Å². The van der Waals surface area contributed by atoms with Crippen LogP contribution in [-0.2, 0) is 4.79 Å². The fraction of sp³-hybridized carbons (Fsp3) is 0.467. The van der Waals surface area contributed by atoms with Gasteiger partial charge in [0, 0.05) is 37.7 Å². The number of non-ortho nitro benzene ring substituents is 1. The Kier molecular flexibility index (Phi) is 4.94. The third-order valence-electron chi connectivity index (χ3n) is 3.83. The predicted molar refractivity (Wildman–Crippen MR) is 81.5 cm³/mol. The van der Waals surface area contributed by atoms with Crippen molar-refractivity contribution in [2.24, 2.45) is 0 Å². The second-order valence-electron chi connectivity index (χ2n) is 5.25. The van der Waals surface area contributed by atoms with E-state index in [1.807, 2.05) is 17.9 Å². The number of hydrogen-bond acceptors (Lipinski definition) is 5. The second kappa shape index (κ2) is 6.89. The van der Waals surface area contributed by atoms with Crippen LogP contribution in [0, 0.1) is 21.4 Å². The van der Waals surface area contributed by atoms with E-state index in [2.05, 4.69) is 5.32 Å². The maximum atomic E-state index is 11.4. The average Bonchev–Trinajstić information content (AvgIpc) is 2.54. The summed E-state index contributed by atoms with van der Waals surface area (Å²) in [5, 5.41) is 22.9. The smallest absolute Gasteiger partial charge is 0.270 e. The molecule has 0 spiro atoms. The summed E-state index contributed by atoms with van der Waals surface area (Å²) < 4.78 is 0. The van der Waals surface area contributed by atoms with E-state index in [-0.39, 0.29) is 17.6 Å². The van der Waals surface area contributed by atoms with Gasteiger partial charge in [-0.3, -0.25) is 14.9 Å². The van der Waals surface area contributed by atoms with Crippen LogP contribution in [0.1, 0.15) is 31.7 Å². The highest BCUT2D eigenvalue weighted by atomic mass is 16.6. The van der Waals surface area contributed by atoms with Crippen molar-refractivity contribution in [2.75, 3.05) is 18.0 Å². The monoisotopic (exact) mass is 302 g/mol. The molecule has 0 saturated carbocycles. The van der Waals surface area contributed by atoms with Gasteiger partial charge in [0.2, 0.25) is 5.91 Å². The molecule has 0 unspecified atom stereocenters. The Morgan fingerprint density at radius 2 is 2.18 bits per heavy atom. The maximum Gasteiger partial charge on any atom is 0.270 e. The molecule has 7 nitrogen and oxygen atoms in total. The van der Waals surface area contributed by atoms with E-state index in [0.29, 0.717) is 30.8 Å². The lowest BCUT2D eigenvalue weighted by Crippen LogP contribution is -2.44. The minimum atomic E-state index is -0.503. The van der Waals surface area contributed by atoms with Gasteiger partial charge in [0.25, 0.3) is 5.69 Å². The summed E-state index contributed by atoms with van der Waals surface area (Å²) in [5.74, 6) is 0.0477. The third-order valence-corrected chi connectivity index (χ3v) is 3.83. The quantitative estimate of drug-likeness (QED) is 0.677. The van der Waals surface area contributed by atoms with Crippen molar-refractivity contribution in [3.63, 3.8) is 0 Å². The lowest BCUT2D eigenvalue weighted by Gasteiger charge is -2.34. The molecule has 116 valence electrons. The molecule has 1 heterocycles. The molecule has 0 aliphatic carbocycles. The Balaban J connectivity index is 2.07. The number of rotatable bonds is 4. The van der Waals surface area contributed by atoms with E-state index in [1.165, 1.54) is 12.1 Å². The highest BCUT2D eigenvalue weighted by Gasteiger charge is 2.23. The van der Waals surface area contributed by atoms with Gasteiger partial charge in [-0.1, -0.05) is 6.92 Å². The van der Waals surface area contributed by atoms with Crippen molar-refractivity contribution < 1.29 is 9.72 Å². The molecule has 22 heavy (non-hydrogen) atoms. The van der Waals surface area contributed by atoms with Crippen molar-refractivity contribution >= 4 is 17.3 Å². The molecule has 1 aliphatic heterocycles. The van der Waals surface area contributed by atoms with Crippen LogP contribution in [0.25, 0.3) is 0 Å². The van der Waals surface area contributed by atoms with Gasteiger partial charge in [-0.15, -0.1) is 0 Å². The van der Waals surface area contributed by atoms with Crippen LogP contribution in [0.5, 0.6) is 0 Å². The summed E-state index contributed by atoms with van der Waals surface area (Å²) in [7, 11) is 0. The molecule has 1 fully saturated rings. The van der Waals surface area contributed by atoms with Gasteiger partial charge in [0.1, 0.15) is 6.07 Å². The number of carbonyl (C=O) groups excluding carboxylic acids is 1. The van der Waals surface area contributed by atoms with Gasteiger partial charge in [-0.2, -0.15) is 5.26 Å². The van der Waals surface area contributed by atoms with Crippen LogP contribution in [0.15, 0.2) is 18.2 Å². The Labute approximate surface area is 128 Å². The van der Waals surface area contributed by atoms with Gasteiger partial charge < -0.3 is 10.2 Å². The highest BCUT2D eigenvalue weighted by molar-refractivity contribution is 5.75. The molecule has 1 amide bonds. The number of carbonyl (C=O) groups is 1. The van der Waals surface area contributed by atoms with Crippen molar-refractivity contribution in [3.8, 4) is 6.07 Å². The van der Waals surface area contributed by atoms with E-state index in [9.17, 15) is 20.2 Å². The number of amides is 1. The Morgan fingerprint density at radius 1 is 1.50 bits per heavy atom. The highest BCUT2D eigenvalue weighted by Crippen LogP contribution is 2.27. The molecule has 7 heteroatoms. The number of benzene rings is 1. The molecule has 1 aromatic rings. The summed E-state index contributed by atoms with van der Waals surface area (Å²) in [5.41, 5.74) is 0.948. The number of nitro groups is 1. The van der Waals surface area contributed by atoms with Gasteiger partial charge in [0.15, 0.2) is 0 Å². The molecule has 1 aliphatic rings. The molecular weight excluding hydrogens is 284 g/mol. The number of anilines is 1. The van der Waals surface area contributed by atoms with E-state index in [0.717, 1.165) is 12.8 Å². The summed E-state index contributed by atoms with van der Waals surface area (Å²) in [6.07, 6.45) is 2.07. The Bertz CT molecular complexity index is 616. The summed E-state index contributed by atoms with van der Waals surface area (Å²) in [4.78, 5) is 23.7. The van der Waals surface area contributed by atoms with Crippen LogP contribution < -0.4 is 10.2 Å². The first-order valence-electron chi connectivity index (χ1n) is 7.28. The standard InChI is InChI=1S/C15H18N4O3/c1-2-15(20)17-12-5-7-18(8-6-12)14-4-3-13(19(21)22)9-11(14)10-16/h3-4,9,12H,2,5-8H2,1H3,(H,17,20). The number of nitriles is 1. The van der Waals surface area contributed by atoms with Crippen molar-refractivity contribution in [2.45, 2.75) is 32.2 Å². The number of nitrogens with zero attached hydrogens (tertiary/aromatic N) is 3. The summed E-state index contributed by atoms with van der Waals surface area (Å²) in [6.45, 7) is 3.24. The van der Waals surface area contributed by atoms with Crippen LogP contribution in [0.2, 0.25) is 0 Å². The second-order valence-corrected chi connectivity index (χ2v) is 5.25. The van der Waals surface area contributed by atoms with Gasteiger partial charge in [0.05, 0.1) is 16.2 Å². The molecule has 0 atom stereocenters. The Morgan fingerprint density at radius 3 is 2.73 bits per heavy atom. The van der Waals surface area contributed by atoms with Gasteiger partial charge in [-0.05, 0) is 18.9 Å². The molecule has 1 aromatic carbocycles. The number of nitrogens with one attached hydrogen (secondary N) is 1. The van der Waals surface area contributed by atoms with Crippen LogP contribution in [0.4, 0.5) is 11.4 Å². The zero-order valence-electron chi connectivity index (χ0n) is 12.4. The molecule has 0 aromatic heterocycles. The molecule has 0 radical (unpaired) electrons. The van der Waals surface area contributed by atoms with E-state index in [1.54, 1.807) is 6.07 Å². The molecule has 1 N–H and O–H groups in total. The maximum absolute atomic E-state index is 11.4. The minimum absolute atomic E-state index is 0.0477. The first-order valence-corrected chi connectivity index (χ1v) is 7.28. The number of nitro benzene ring substituents is 1. The van der Waals surface area contributed by atoms with Gasteiger partial charge >= 0.3 is 0 Å². The van der Waals surface area contributed by atoms with Crippen LogP contribution >= 0.6 is 0 Å². The zero-order valence-corrected chi connectivity index (χ0v) is 12.4. The zero-order chi connectivity index (χ0) is 16.1.